The first-order valence-corrected chi connectivity index (χ1v) is 6.35. The maximum absolute atomic E-state index is 13.6. The Morgan fingerprint density at radius 3 is 1.89 bits per heavy atom. The molecule has 0 N–H and O–H groups in total. The number of alkyl halides is 1. The summed E-state index contributed by atoms with van der Waals surface area (Å²) in [5, 5.41) is 0. The van der Waals surface area contributed by atoms with Crippen molar-refractivity contribution in [2.75, 3.05) is 0 Å². The molecule has 0 saturated heterocycles. The van der Waals surface area contributed by atoms with Gasteiger partial charge in [0, 0.05) is 17.7 Å². The molecule has 0 spiro atoms. The highest BCUT2D eigenvalue weighted by Gasteiger charge is 2.21. The van der Waals surface area contributed by atoms with E-state index >= 15 is 0 Å². The number of hydrogen-bond acceptors (Lipinski definition) is 0. The van der Waals surface area contributed by atoms with Crippen LogP contribution in [0.25, 0.3) is 0 Å². The lowest BCUT2D eigenvalue weighted by Gasteiger charge is -2.14. The third-order valence-electron chi connectivity index (χ3n) is 2.65. The van der Waals surface area contributed by atoms with Crippen molar-refractivity contribution in [1.29, 1.82) is 0 Å². The topological polar surface area (TPSA) is 0 Å². The lowest BCUT2D eigenvalue weighted by Crippen LogP contribution is -2.02. The van der Waals surface area contributed by atoms with Crippen LogP contribution in [0.4, 0.5) is 17.6 Å². The van der Waals surface area contributed by atoms with Gasteiger partial charge in [-0.05, 0) is 30.2 Å². The van der Waals surface area contributed by atoms with Gasteiger partial charge >= 0.3 is 0 Å². The highest BCUT2D eigenvalue weighted by molar-refractivity contribution is 9.09. The Hall–Kier alpha value is -1.36. The standard InChI is InChI=1S/C14H9BrF4/c1-7-2-8(4-9(16)3-7)14(15)13-11(18)5-10(17)6-12(13)19/h2-6,14H,1H3. The van der Waals surface area contributed by atoms with Crippen LogP contribution in [0.1, 0.15) is 21.5 Å². The molecule has 0 bridgehead atoms. The minimum Gasteiger partial charge on any atom is -0.207 e. The molecule has 19 heavy (non-hydrogen) atoms. The fourth-order valence-electron chi connectivity index (χ4n) is 1.87. The van der Waals surface area contributed by atoms with Crippen LogP contribution >= 0.6 is 15.9 Å². The van der Waals surface area contributed by atoms with Crippen LogP contribution in [0.5, 0.6) is 0 Å². The molecule has 0 fully saturated rings. The molecule has 0 heterocycles. The Kier molecular flexibility index (Phi) is 3.94. The molecule has 0 amide bonds. The monoisotopic (exact) mass is 332 g/mol. The van der Waals surface area contributed by atoms with Crippen molar-refractivity contribution in [1.82, 2.24) is 0 Å². The summed E-state index contributed by atoms with van der Waals surface area (Å²) in [5.41, 5.74) is 0.649. The summed E-state index contributed by atoms with van der Waals surface area (Å²) in [6.07, 6.45) is 0. The molecule has 0 radical (unpaired) electrons. The molecule has 2 rings (SSSR count). The number of rotatable bonds is 2. The average Bonchev–Trinajstić information content (AvgIpc) is 2.25. The summed E-state index contributed by atoms with van der Waals surface area (Å²) < 4.78 is 53.4. The van der Waals surface area contributed by atoms with Crippen molar-refractivity contribution in [3.63, 3.8) is 0 Å². The molecule has 0 aliphatic rings. The Morgan fingerprint density at radius 1 is 0.842 bits per heavy atom. The lowest BCUT2D eigenvalue weighted by molar-refractivity contribution is 0.527. The average molecular weight is 333 g/mol. The summed E-state index contributed by atoms with van der Waals surface area (Å²) in [6, 6.07) is 5.28. The van der Waals surface area contributed by atoms with Crippen molar-refractivity contribution in [2.24, 2.45) is 0 Å². The van der Waals surface area contributed by atoms with Crippen molar-refractivity contribution in [3.05, 3.63) is 70.3 Å². The highest BCUT2D eigenvalue weighted by Crippen LogP contribution is 2.35. The van der Waals surface area contributed by atoms with Gasteiger partial charge in [0.25, 0.3) is 0 Å². The molecule has 0 nitrogen and oxygen atoms in total. The molecule has 0 aliphatic carbocycles. The first kappa shape index (κ1) is 14.1. The summed E-state index contributed by atoms with van der Waals surface area (Å²) in [5.74, 6) is -3.51. The summed E-state index contributed by atoms with van der Waals surface area (Å²) in [6.45, 7) is 1.67. The van der Waals surface area contributed by atoms with Crippen LogP contribution in [0, 0.1) is 30.2 Å². The second-order valence-corrected chi connectivity index (χ2v) is 5.12. The van der Waals surface area contributed by atoms with Gasteiger partial charge < -0.3 is 0 Å². The van der Waals surface area contributed by atoms with E-state index in [-0.39, 0.29) is 5.56 Å². The van der Waals surface area contributed by atoms with Gasteiger partial charge in [-0.15, -0.1) is 0 Å². The van der Waals surface area contributed by atoms with Crippen LogP contribution in [0.2, 0.25) is 0 Å². The maximum Gasteiger partial charge on any atom is 0.133 e. The van der Waals surface area contributed by atoms with Crippen molar-refractivity contribution < 1.29 is 17.6 Å². The van der Waals surface area contributed by atoms with Crippen LogP contribution in [0.3, 0.4) is 0 Å². The number of aryl methyl sites for hydroxylation is 1. The van der Waals surface area contributed by atoms with Gasteiger partial charge in [0.15, 0.2) is 0 Å². The Morgan fingerprint density at radius 2 is 1.37 bits per heavy atom. The minimum atomic E-state index is -1.01. The quantitative estimate of drug-likeness (QED) is 0.534. The number of benzene rings is 2. The van der Waals surface area contributed by atoms with E-state index in [1.165, 1.54) is 12.1 Å². The predicted molar refractivity (Wildman–Crippen MR) is 68.2 cm³/mol. The van der Waals surface area contributed by atoms with E-state index in [0.29, 0.717) is 23.3 Å². The largest absolute Gasteiger partial charge is 0.207 e. The molecule has 0 saturated carbocycles. The number of halogens is 5. The SMILES string of the molecule is Cc1cc(F)cc(C(Br)c2c(F)cc(F)cc2F)c1. The molecule has 5 heteroatoms. The van der Waals surface area contributed by atoms with Gasteiger partial charge in [0.05, 0.1) is 4.83 Å². The Labute approximate surface area is 116 Å². The molecule has 1 unspecified atom stereocenters. The Bertz CT molecular complexity index is 582. The molecule has 0 aromatic heterocycles. The van der Waals surface area contributed by atoms with Crippen LogP contribution in [0.15, 0.2) is 30.3 Å². The third-order valence-corrected chi connectivity index (χ3v) is 3.64. The minimum absolute atomic E-state index is 0.341. The van der Waals surface area contributed by atoms with Gasteiger partial charge in [-0.25, -0.2) is 17.6 Å². The van der Waals surface area contributed by atoms with Gasteiger partial charge in [-0.1, -0.05) is 22.0 Å². The molecule has 2 aromatic rings. The van der Waals surface area contributed by atoms with E-state index in [1.807, 2.05) is 0 Å². The zero-order valence-corrected chi connectivity index (χ0v) is 11.4. The van der Waals surface area contributed by atoms with Gasteiger partial charge in [0.2, 0.25) is 0 Å². The molecular formula is C14H9BrF4. The first-order valence-electron chi connectivity index (χ1n) is 5.44. The van der Waals surface area contributed by atoms with Gasteiger partial charge in [0.1, 0.15) is 23.3 Å². The zero-order chi connectivity index (χ0) is 14.2. The van der Waals surface area contributed by atoms with E-state index in [4.69, 9.17) is 0 Å². The second kappa shape index (κ2) is 5.33. The fraction of sp³-hybridized carbons (Fsp3) is 0.143. The smallest absolute Gasteiger partial charge is 0.133 e. The van der Waals surface area contributed by atoms with Crippen molar-refractivity contribution in [3.8, 4) is 0 Å². The second-order valence-electron chi connectivity index (χ2n) is 4.21. The van der Waals surface area contributed by atoms with Gasteiger partial charge in [-0.3, -0.25) is 0 Å². The maximum atomic E-state index is 13.6. The predicted octanol–water partition coefficient (Wildman–Crippen LogP) is 5.04. The van der Waals surface area contributed by atoms with E-state index < -0.39 is 28.1 Å². The summed E-state index contributed by atoms with van der Waals surface area (Å²) >= 11 is 3.12. The zero-order valence-electron chi connectivity index (χ0n) is 9.85. The third kappa shape index (κ3) is 2.97. The normalized spacial score (nSPS) is 12.5. The summed E-state index contributed by atoms with van der Waals surface area (Å²) in [4.78, 5) is -0.887. The molecule has 0 aliphatic heterocycles. The Balaban J connectivity index is 2.52. The molecular weight excluding hydrogens is 324 g/mol. The molecule has 100 valence electrons. The molecule has 1 atom stereocenters. The van der Waals surface area contributed by atoms with Crippen molar-refractivity contribution >= 4 is 15.9 Å². The first-order chi connectivity index (χ1) is 8.88. The number of hydrogen-bond donors (Lipinski definition) is 0. The molecule has 2 aromatic carbocycles. The fourth-order valence-corrected chi connectivity index (χ4v) is 2.57. The van der Waals surface area contributed by atoms with E-state index in [9.17, 15) is 17.6 Å². The van der Waals surface area contributed by atoms with Crippen LogP contribution in [-0.2, 0) is 0 Å². The van der Waals surface area contributed by atoms with Crippen LogP contribution in [-0.4, -0.2) is 0 Å². The van der Waals surface area contributed by atoms with E-state index in [1.54, 1.807) is 13.0 Å². The van der Waals surface area contributed by atoms with Crippen LogP contribution < -0.4 is 0 Å². The lowest BCUT2D eigenvalue weighted by atomic mass is 10.0. The van der Waals surface area contributed by atoms with Crippen molar-refractivity contribution in [2.45, 2.75) is 11.8 Å². The highest BCUT2D eigenvalue weighted by atomic mass is 79.9. The van der Waals surface area contributed by atoms with E-state index in [2.05, 4.69) is 15.9 Å². The van der Waals surface area contributed by atoms with Gasteiger partial charge in [-0.2, -0.15) is 0 Å². The summed E-state index contributed by atoms with van der Waals surface area (Å²) in [7, 11) is 0. The van der Waals surface area contributed by atoms with E-state index in [0.717, 1.165) is 0 Å².